The van der Waals surface area contributed by atoms with Crippen LogP contribution in [0.5, 0.6) is 0 Å². The molecule has 1 aromatic rings. The zero-order valence-electron chi connectivity index (χ0n) is 10.9. The first-order chi connectivity index (χ1) is 8.80. The fraction of sp³-hybridized carbons (Fsp3) is 0.846. The van der Waals surface area contributed by atoms with Crippen LogP contribution in [-0.2, 0) is 13.1 Å². The Morgan fingerprint density at radius 3 is 2.78 bits per heavy atom. The third kappa shape index (κ3) is 2.42. The van der Waals surface area contributed by atoms with E-state index in [0.717, 1.165) is 12.4 Å². The molecule has 0 atom stereocenters. The molecule has 0 bridgehead atoms. The summed E-state index contributed by atoms with van der Waals surface area (Å²) < 4.78 is 5.05. The summed E-state index contributed by atoms with van der Waals surface area (Å²) in [6.45, 7) is 3.52. The fourth-order valence-corrected chi connectivity index (χ4v) is 3.51. The monoisotopic (exact) mass is 250 g/mol. The quantitative estimate of drug-likeness (QED) is 0.884. The molecule has 2 fully saturated rings. The molecule has 0 unspecified atom stereocenters. The number of hydrogen-bond acceptors (Lipinski definition) is 5. The van der Waals surface area contributed by atoms with Crippen molar-refractivity contribution in [1.29, 1.82) is 0 Å². The molecule has 5 heteroatoms. The summed E-state index contributed by atoms with van der Waals surface area (Å²) in [5.74, 6) is 1.32. The molecule has 0 amide bonds. The molecule has 5 nitrogen and oxygen atoms in total. The molecule has 0 aromatic carbocycles. The largest absolute Gasteiger partial charge is 0.338 e. The van der Waals surface area contributed by atoms with Crippen molar-refractivity contribution in [3.8, 4) is 0 Å². The van der Waals surface area contributed by atoms with Crippen molar-refractivity contribution in [1.82, 2.24) is 15.0 Å². The van der Waals surface area contributed by atoms with Crippen LogP contribution in [0.2, 0.25) is 0 Å². The Morgan fingerprint density at radius 2 is 2.06 bits per heavy atom. The molecule has 1 spiro atoms. The van der Waals surface area contributed by atoms with Crippen molar-refractivity contribution >= 4 is 0 Å². The number of nitrogens with two attached hydrogens (primary N) is 1. The van der Waals surface area contributed by atoms with Gasteiger partial charge in [-0.3, -0.25) is 4.90 Å². The Morgan fingerprint density at radius 1 is 1.22 bits per heavy atom. The standard InChI is InChI=1S/C13H22N4O/c14-8-12-15-11(16-18-12)9-17-7-6-13(10-17)4-2-1-3-5-13/h1-10,14H2. The van der Waals surface area contributed by atoms with Crippen molar-refractivity contribution in [3.63, 3.8) is 0 Å². The van der Waals surface area contributed by atoms with E-state index in [0.29, 0.717) is 17.9 Å². The zero-order chi connectivity index (χ0) is 12.4. The van der Waals surface area contributed by atoms with Gasteiger partial charge in [0.05, 0.1) is 13.1 Å². The van der Waals surface area contributed by atoms with E-state index in [4.69, 9.17) is 10.3 Å². The second-order valence-corrected chi connectivity index (χ2v) is 5.83. The molecule has 1 aliphatic carbocycles. The van der Waals surface area contributed by atoms with E-state index in [2.05, 4.69) is 15.0 Å². The van der Waals surface area contributed by atoms with E-state index >= 15 is 0 Å². The first-order valence-corrected chi connectivity index (χ1v) is 7.04. The van der Waals surface area contributed by atoms with E-state index < -0.39 is 0 Å². The highest BCUT2D eigenvalue weighted by Crippen LogP contribution is 2.43. The number of nitrogens with zero attached hydrogens (tertiary/aromatic N) is 3. The minimum atomic E-state index is 0.330. The van der Waals surface area contributed by atoms with Crippen molar-refractivity contribution in [3.05, 3.63) is 11.7 Å². The number of likely N-dealkylation sites (tertiary alicyclic amines) is 1. The summed E-state index contributed by atoms with van der Waals surface area (Å²) >= 11 is 0. The smallest absolute Gasteiger partial charge is 0.240 e. The minimum Gasteiger partial charge on any atom is -0.338 e. The fourth-order valence-electron chi connectivity index (χ4n) is 3.51. The van der Waals surface area contributed by atoms with Gasteiger partial charge < -0.3 is 10.3 Å². The molecule has 2 heterocycles. The summed E-state index contributed by atoms with van der Waals surface area (Å²) in [6.07, 6.45) is 8.40. The molecule has 2 N–H and O–H groups in total. The van der Waals surface area contributed by atoms with Gasteiger partial charge in [0.15, 0.2) is 5.82 Å². The first-order valence-electron chi connectivity index (χ1n) is 7.04. The average molecular weight is 250 g/mol. The molecule has 1 aromatic heterocycles. The van der Waals surface area contributed by atoms with Crippen LogP contribution < -0.4 is 5.73 Å². The second-order valence-electron chi connectivity index (χ2n) is 5.83. The van der Waals surface area contributed by atoms with Gasteiger partial charge >= 0.3 is 0 Å². The maximum absolute atomic E-state index is 5.47. The summed E-state index contributed by atoms with van der Waals surface area (Å²) in [7, 11) is 0. The van der Waals surface area contributed by atoms with Crippen molar-refractivity contribution in [2.45, 2.75) is 51.6 Å². The molecular formula is C13H22N4O. The lowest BCUT2D eigenvalue weighted by Gasteiger charge is -2.33. The highest BCUT2D eigenvalue weighted by molar-refractivity contribution is 4.94. The topological polar surface area (TPSA) is 68.2 Å². The molecule has 1 aliphatic heterocycles. The van der Waals surface area contributed by atoms with Crippen LogP contribution in [0.3, 0.4) is 0 Å². The Balaban J connectivity index is 1.58. The Bertz CT molecular complexity index is 397. The maximum atomic E-state index is 5.47. The maximum Gasteiger partial charge on any atom is 0.240 e. The van der Waals surface area contributed by atoms with Gasteiger partial charge in [0.2, 0.25) is 5.89 Å². The van der Waals surface area contributed by atoms with E-state index in [-0.39, 0.29) is 0 Å². The minimum absolute atomic E-state index is 0.330. The Hall–Kier alpha value is -0.940. The second kappa shape index (κ2) is 4.97. The van der Waals surface area contributed by atoms with Crippen LogP contribution >= 0.6 is 0 Å². The lowest BCUT2D eigenvalue weighted by molar-refractivity contribution is 0.181. The zero-order valence-corrected chi connectivity index (χ0v) is 10.9. The predicted octanol–water partition coefficient (Wildman–Crippen LogP) is 1.68. The molecule has 1 saturated carbocycles. The molecule has 1 saturated heterocycles. The lowest BCUT2D eigenvalue weighted by Crippen LogP contribution is -2.29. The van der Waals surface area contributed by atoms with E-state index in [9.17, 15) is 0 Å². The summed E-state index contributed by atoms with van der Waals surface area (Å²) in [5, 5.41) is 3.98. The average Bonchev–Trinajstić information content (AvgIpc) is 2.99. The van der Waals surface area contributed by atoms with E-state index in [1.54, 1.807) is 0 Å². The molecule has 3 rings (SSSR count). The van der Waals surface area contributed by atoms with Crippen LogP contribution in [-0.4, -0.2) is 28.1 Å². The summed E-state index contributed by atoms with van der Waals surface area (Å²) in [5.41, 5.74) is 6.07. The molecular weight excluding hydrogens is 228 g/mol. The van der Waals surface area contributed by atoms with Crippen LogP contribution in [0.4, 0.5) is 0 Å². The Kier molecular flexibility index (Phi) is 3.35. The van der Waals surface area contributed by atoms with Crippen LogP contribution in [0.15, 0.2) is 4.52 Å². The van der Waals surface area contributed by atoms with Crippen LogP contribution in [0, 0.1) is 5.41 Å². The van der Waals surface area contributed by atoms with Gasteiger partial charge in [0.25, 0.3) is 0 Å². The van der Waals surface area contributed by atoms with Crippen LogP contribution in [0.1, 0.15) is 50.2 Å². The number of aromatic nitrogens is 2. The van der Waals surface area contributed by atoms with Gasteiger partial charge in [-0.05, 0) is 31.2 Å². The van der Waals surface area contributed by atoms with Crippen LogP contribution in [0.25, 0.3) is 0 Å². The lowest BCUT2D eigenvalue weighted by atomic mass is 9.73. The predicted molar refractivity (Wildman–Crippen MR) is 67.6 cm³/mol. The first kappa shape index (κ1) is 12.1. The molecule has 2 aliphatic rings. The number of hydrogen-bond donors (Lipinski definition) is 1. The van der Waals surface area contributed by atoms with Gasteiger partial charge in [-0.2, -0.15) is 4.98 Å². The molecule has 18 heavy (non-hydrogen) atoms. The number of rotatable bonds is 3. The summed E-state index contributed by atoms with van der Waals surface area (Å²) in [4.78, 5) is 6.75. The van der Waals surface area contributed by atoms with E-state index in [1.165, 1.54) is 51.6 Å². The highest BCUT2D eigenvalue weighted by atomic mass is 16.5. The van der Waals surface area contributed by atoms with E-state index in [1.807, 2.05) is 0 Å². The summed E-state index contributed by atoms with van der Waals surface area (Å²) in [6, 6.07) is 0. The van der Waals surface area contributed by atoms with Crippen molar-refractivity contribution in [2.24, 2.45) is 11.1 Å². The van der Waals surface area contributed by atoms with Gasteiger partial charge in [0, 0.05) is 6.54 Å². The normalized spacial score (nSPS) is 23.8. The van der Waals surface area contributed by atoms with Gasteiger partial charge in [-0.25, -0.2) is 0 Å². The third-order valence-electron chi connectivity index (χ3n) is 4.48. The van der Waals surface area contributed by atoms with Crippen molar-refractivity contribution < 1.29 is 4.52 Å². The molecule has 100 valence electrons. The van der Waals surface area contributed by atoms with Gasteiger partial charge in [-0.15, -0.1) is 0 Å². The third-order valence-corrected chi connectivity index (χ3v) is 4.48. The Labute approximate surface area is 108 Å². The van der Waals surface area contributed by atoms with Crippen molar-refractivity contribution in [2.75, 3.05) is 13.1 Å². The SMILES string of the molecule is NCc1nc(CN2CCC3(CCCCC3)C2)no1. The van der Waals surface area contributed by atoms with Gasteiger partial charge in [0.1, 0.15) is 0 Å². The van der Waals surface area contributed by atoms with Gasteiger partial charge in [-0.1, -0.05) is 24.4 Å². The highest BCUT2D eigenvalue weighted by Gasteiger charge is 2.38. The molecule has 0 radical (unpaired) electrons.